The molecule has 1 aliphatic rings. The summed E-state index contributed by atoms with van der Waals surface area (Å²) in [5, 5.41) is 13.4. The van der Waals surface area contributed by atoms with Gasteiger partial charge in [0.1, 0.15) is 11.9 Å². The van der Waals surface area contributed by atoms with E-state index in [0.29, 0.717) is 29.8 Å². The van der Waals surface area contributed by atoms with Crippen LogP contribution in [0.5, 0.6) is 5.75 Å². The molecule has 3 rings (SSSR count). The number of ether oxygens (including phenoxy) is 1. The Kier molecular flexibility index (Phi) is 3.31. The summed E-state index contributed by atoms with van der Waals surface area (Å²) in [5.41, 5.74) is 6.63. The number of phenolic OH excluding ortho intramolecular Hbond substituents is 1. The normalized spacial score (nSPS) is 16.2. The van der Waals surface area contributed by atoms with Gasteiger partial charge in [0.2, 0.25) is 5.82 Å². The van der Waals surface area contributed by atoms with Crippen molar-refractivity contribution in [1.29, 1.82) is 0 Å². The van der Waals surface area contributed by atoms with E-state index in [1.165, 1.54) is 6.07 Å². The molecule has 3 N–H and O–H groups in total. The molecule has 1 aromatic carbocycles. The van der Waals surface area contributed by atoms with Crippen LogP contribution in [0, 0.1) is 5.92 Å². The van der Waals surface area contributed by atoms with E-state index >= 15 is 0 Å². The van der Waals surface area contributed by atoms with Gasteiger partial charge < -0.3 is 20.1 Å². The van der Waals surface area contributed by atoms with Gasteiger partial charge in [0.05, 0.1) is 5.69 Å². The molecule has 0 bridgehead atoms. The average molecular weight is 275 g/mol. The number of anilines is 1. The molecule has 0 radical (unpaired) electrons. The number of aromatic hydroxyl groups is 1. The van der Waals surface area contributed by atoms with E-state index in [-0.39, 0.29) is 17.5 Å². The third-order valence-corrected chi connectivity index (χ3v) is 3.37. The maximum absolute atomic E-state index is 9.42. The van der Waals surface area contributed by atoms with E-state index < -0.39 is 0 Å². The molecule has 20 heavy (non-hydrogen) atoms. The van der Waals surface area contributed by atoms with Crippen molar-refractivity contribution in [1.82, 2.24) is 10.1 Å². The van der Waals surface area contributed by atoms with Crippen molar-refractivity contribution in [3.8, 4) is 17.2 Å². The molecule has 1 heterocycles. The first kappa shape index (κ1) is 12.9. The van der Waals surface area contributed by atoms with Gasteiger partial charge in [0, 0.05) is 12.2 Å². The predicted molar refractivity (Wildman–Crippen MR) is 72.9 cm³/mol. The maximum Gasteiger partial charge on any atom is 0.258 e. The van der Waals surface area contributed by atoms with Crippen LogP contribution in [-0.2, 0) is 4.74 Å². The second kappa shape index (κ2) is 5.13. The van der Waals surface area contributed by atoms with Gasteiger partial charge in [0.25, 0.3) is 5.89 Å². The molecule has 6 heteroatoms. The second-order valence-corrected chi connectivity index (χ2v) is 4.94. The van der Waals surface area contributed by atoms with Gasteiger partial charge in [0.15, 0.2) is 0 Å². The monoisotopic (exact) mass is 275 g/mol. The first-order valence-electron chi connectivity index (χ1n) is 6.73. The maximum atomic E-state index is 9.42. The summed E-state index contributed by atoms with van der Waals surface area (Å²) in [5.74, 6) is 1.50. The van der Waals surface area contributed by atoms with Crippen molar-refractivity contribution in [2.24, 2.45) is 5.92 Å². The molecule has 0 spiro atoms. The summed E-state index contributed by atoms with van der Waals surface area (Å²) < 4.78 is 11.0. The van der Waals surface area contributed by atoms with Crippen molar-refractivity contribution < 1.29 is 14.4 Å². The number of rotatable bonds is 5. The van der Waals surface area contributed by atoms with Crippen LogP contribution in [0.4, 0.5) is 5.69 Å². The van der Waals surface area contributed by atoms with E-state index in [1.807, 2.05) is 6.92 Å². The smallest absolute Gasteiger partial charge is 0.258 e. The van der Waals surface area contributed by atoms with Gasteiger partial charge in [-0.05, 0) is 43.9 Å². The van der Waals surface area contributed by atoms with Gasteiger partial charge in [-0.25, -0.2) is 0 Å². The van der Waals surface area contributed by atoms with Crippen molar-refractivity contribution in [3.63, 3.8) is 0 Å². The second-order valence-electron chi connectivity index (χ2n) is 4.94. The summed E-state index contributed by atoms with van der Waals surface area (Å²) in [6.45, 7) is 2.58. The number of phenols is 1. The lowest BCUT2D eigenvalue weighted by Gasteiger charge is -2.10. The molecule has 6 nitrogen and oxygen atoms in total. The lowest BCUT2D eigenvalue weighted by molar-refractivity contribution is 0.0385. The van der Waals surface area contributed by atoms with Crippen LogP contribution in [-0.4, -0.2) is 21.9 Å². The fraction of sp³-hybridized carbons (Fsp3) is 0.429. The van der Waals surface area contributed by atoms with Gasteiger partial charge >= 0.3 is 0 Å². The summed E-state index contributed by atoms with van der Waals surface area (Å²) in [7, 11) is 0. The molecule has 1 aromatic heterocycles. The summed E-state index contributed by atoms with van der Waals surface area (Å²) in [6, 6.07) is 4.81. The van der Waals surface area contributed by atoms with Crippen molar-refractivity contribution in [2.75, 3.05) is 12.3 Å². The standard InChI is InChI=1S/C14H17N3O3/c1-2-19-12(8-3-4-8)13-16-14(20-17-13)9-5-6-11(18)10(15)7-9/h5-8,12,18H,2-4,15H2,1H3. The zero-order valence-electron chi connectivity index (χ0n) is 11.2. The molecule has 1 saturated carbocycles. The Morgan fingerprint density at radius 3 is 2.95 bits per heavy atom. The Hall–Kier alpha value is -2.08. The van der Waals surface area contributed by atoms with Crippen LogP contribution >= 0.6 is 0 Å². The largest absolute Gasteiger partial charge is 0.506 e. The number of nitrogen functional groups attached to an aromatic ring is 1. The lowest BCUT2D eigenvalue weighted by atomic mass is 10.2. The van der Waals surface area contributed by atoms with Gasteiger partial charge in [-0.2, -0.15) is 4.98 Å². The summed E-state index contributed by atoms with van der Waals surface area (Å²) in [6.07, 6.45) is 2.19. The summed E-state index contributed by atoms with van der Waals surface area (Å²) >= 11 is 0. The van der Waals surface area contributed by atoms with Gasteiger partial charge in [-0.1, -0.05) is 5.16 Å². The number of benzene rings is 1. The highest BCUT2D eigenvalue weighted by molar-refractivity contribution is 5.64. The Labute approximate surface area is 116 Å². The number of aromatic nitrogens is 2. The molecule has 0 aliphatic heterocycles. The van der Waals surface area contributed by atoms with Crippen LogP contribution in [0.2, 0.25) is 0 Å². The zero-order valence-corrected chi connectivity index (χ0v) is 11.2. The highest BCUT2D eigenvalue weighted by Gasteiger charge is 2.36. The molecular formula is C14H17N3O3. The Balaban J connectivity index is 1.86. The number of hydrogen-bond donors (Lipinski definition) is 2. The minimum atomic E-state index is -0.0908. The zero-order chi connectivity index (χ0) is 14.1. The van der Waals surface area contributed by atoms with E-state index in [9.17, 15) is 5.11 Å². The average Bonchev–Trinajstić information content (AvgIpc) is 3.16. The number of nitrogens with two attached hydrogens (primary N) is 1. The van der Waals surface area contributed by atoms with Crippen LogP contribution in [0.25, 0.3) is 11.5 Å². The minimum Gasteiger partial charge on any atom is -0.506 e. The van der Waals surface area contributed by atoms with Crippen molar-refractivity contribution in [3.05, 3.63) is 24.0 Å². The van der Waals surface area contributed by atoms with E-state index in [0.717, 1.165) is 12.8 Å². The Morgan fingerprint density at radius 2 is 2.30 bits per heavy atom. The Morgan fingerprint density at radius 1 is 1.50 bits per heavy atom. The first-order chi connectivity index (χ1) is 9.69. The minimum absolute atomic E-state index is 0.0404. The molecule has 1 unspecified atom stereocenters. The van der Waals surface area contributed by atoms with Crippen molar-refractivity contribution >= 4 is 5.69 Å². The van der Waals surface area contributed by atoms with E-state index in [2.05, 4.69) is 10.1 Å². The highest BCUT2D eigenvalue weighted by atomic mass is 16.5. The lowest BCUT2D eigenvalue weighted by Crippen LogP contribution is -2.08. The van der Waals surface area contributed by atoms with Gasteiger partial charge in [-0.3, -0.25) is 0 Å². The molecular weight excluding hydrogens is 258 g/mol. The molecule has 1 atom stereocenters. The molecule has 1 fully saturated rings. The quantitative estimate of drug-likeness (QED) is 0.643. The predicted octanol–water partition coefficient (Wildman–Crippen LogP) is 2.51. The number of nitrogens with zero attached hydrogens (tertiary/aromatic N) is 2. The third-order valence-electron chi connectivity index (χ3n) is 3.37. The van der Waals surface area contributed by atoms with Crippen LogP contribution in [0.3, 0.4) is 0 Å². The molecule has 2 aromatic rings. The molecule has 1 aliphatic carbocycles. The highest BCUT2D eigenvalue weighted by Crippen LogP contribution is 2.42. The first-order valence-corrected chi connectivity index (χ1v) is 6.73. The fourth-order valence-corrected chi connectivity index (χ4v) is 2.16. The molecule has 0 amide bonds. The Bertz CT molecular complexity index is 607. The van der Waals surface area contributed by atoms with Crippen LogP contribution < -0.4 is 5.73 Å². The van der Waals surface area contributed by atoms with Gasteiger partial charge in [-0.15, -0.1) is 0 Å². The van der Waals surface area contributed by atoms with Crippen LogP contribution in [0.15, 0.2) is 22.7 Å². The summed E-state index contributed by atoms with van der Waals surface area (Å²) in [4.78, 5) is 4.39. The third kappa shape index (κ3) is 2.46. The molecule has 106 valence electrons. The molecule has 0 saturated heterocycles. The van der Waals surface area contributed by atoms with Crippen LogP contribution in [0.1, 0.15) is 31.7 Å². The topological polar surface area (TPSA) is 94.4 Å². The number of hydrogen-bond acceptors (Lipinski definition) is 6. The van der Waals surface area contributed by atoms with E-state index in [1.54, 1.807) is 12.1 Å². The fourth-order valence-electron chi connectivity index (χ4n) is 2.16. The van der Waals surface area contributed by atoms with Crippen molar-refractivity contribution in [2.45, 2.75) is 25.9 Å². The van der Waals surface area contributed by atoms with E-state index in [4.69, 9.17) is 15.0 Å². The SMILES string of the molecule is CCOC(c1noc(-c2ccc(O)c(N)c2)n1)C1CC1.